The van der Waals surface area contributed by atoms with E-state index in [2.05, 4.69) is 36.4 Å². The Bertz CT molecular complexity index is 927. The third-order valence-corrected chi connectivity index (χ3v) is 4.28. The maximum absolute atomic E-state index is 12.8. The van der Waals surface area contributed by atoms with E-state index in [4.69, 9.17) is 0 Å². The summed E-state index contributed by atoms with van der Waals surface area (Å²) in [7, 11) is 0. The molecule has 8 heteroatoms. The van der Waals surface area contributed by atoms with E-state index in [-0.39, 0.29) is 5.69 Å². The first kappa shape index (κ1) is 17.6. The van der Waals surface area contributed by atoms with E-state index in [1.54, 1.807) is 13.0 Å². The molecular formula is C17H14BrF3N4. The molecule has 1 N–H and O–H groups in total. The van der Waals surface area contributed by atoms with Crippen molar-refractivity contribution in [2.24, 2.45) is 0 Å². The van der Waals surface area contributed by atoms with E-state index in [9.17, 15) is 13.2 Å². The molecule has 0 fully saturated rings. The van der Waals surface area contributed by atoms with Gasteiger partial charge in [0.25, 0.3) is 0 Å². The normalized spacial score (nSPS) is 13.0. The van der Waals surface area contributed by atoms with E-state index in [1.807, 2.05) is 25.1 Å². The predicted molar refractivity (Wildman–Crippen MR) is 93.3 cm³/mol. The third kappa shape index (κ3) is 3.73. The fraction of sp³-hybridized carbons (Fsp3) is 0.235. The van der Waals surface area contributed by atoms with Crippen molar-refractivity contribution in [2.45, 2.75) is 26.1 Å². The number of anilines is 1. The third-order valence-electron chi connectivity index (χ3n) is 3.78. The lowest BCUT2D eigenvalue weighted by Gasteiger charge is -2.17. The van der Waals surface area contributed by atoms with E-state index in [0.29, 0.717) is 5.82 Å². The molecule has 0 bridgehead atoms. The van der Waals surface area contributed by atoms with Crippen LogP contribution in [0.4, 0.5) is 19.0 Å². The molecular weight excluding hydrogens is 397 g/mol. The van der Waals surface area contributed by atoms with Crippen LogP contribution in [0.1, 0.15) is 30.0 Å². The molecule has 25 heavy (non-hydrogen) atoms. The van der Waals surface area contributed by atoms with Gasteiger partial charge in [-0.05, 0) is 38.1 Å². The van der Waals surface area contributed by atoms with Gasteiger partial charge in [0.1, 0.15) is 5.69 Å². The van der Waals surface area contributed by atoms with Gasteiger partial charge in [-0.3, -0.25) is 0 Å². The average molecular weight is 411 g/mol. The monoisotopic (exact) mass is 410 g/mol. The zero-order valence-electron chi connectivity index (χ0n) is 13.4. The summed E-state index contributed by atoms with van der Waals surface area (Å²) >= 11 is 3.42. The van der Waals surface area contributed by atoms with Crippen molar-refractivity contribution in [2.75, 3.05) is 5.32 Å². The number of hydrogen-bond donors (Lipinski definition) is 1. The summed E-state index contributed by atoms with van der Waals surface area (Å²) in [6.45, 7) is 3.58. The van der Waals surface area contributed by atoms with E-state index < -0.39 is 17.9 Å². The number of rotatable bonds is 3. The van der Waals surface area contributed by atoms with Crippen LogP contribution in [0.3, 0.4) is 0 Å². The van der Waals surface area contributed by atoms with Crippen molar-refractivity contribution in [1.29, 1.82) is 0 Å². The van der Waals surface area contributed by atoms with E-state index in [1.165, 1.54) is 6.07 Å². The highest BCUT2D eigenvalue weighted by atomic mass is 79.9. The van der Waals surface area contributed by atoms with Crippen LogP contribution in [0.2, 0.25) is 0 Å². The number of aromatic nitrogens is 3. The summed E-state index contributed by atoms with van der Waals surface area (Å²) in [6, 6.07) is 9.09. The summed E-state index contributed by atoms with van der Waals surface area (Å²) < 4.78 is 39.4. The van der Waals surface area contributed by atoms with Crippen LogP contribution in [-0.4, -0.2) is 15.2 Å². The van der Waals surface area contributed by atoms with Crippen LogP contribution in [0.5, 0.6) is 0 Å². The van der Waals surface area contributed by atoms with Crippen molar-refractivity contribution >= 4 is 32.5 Å². The fourth-order valence-electron chi connectivity index (χ4n) is 2.50. The summed E-state index contributed by atoms with van der Waals surface area (Å²) in [5.41, 5.74) is 0.138. The lowest BCUT2D eigenvalue weighted by molar-refractivity contribution is -0.141. The number of nitrogens with zero attached hydrogens (tertiary/aromatic N) is 3. The number of hydrogen-bond acceptors (Lipinski definition) is 4. The summed E-state index contributed by atoms with van der Waals surface area (Å²) in [5.74, 6) is 0.494. The molecule has 0 saturated heterocycles. The molecule has 3 rings (SSSR count). The molecule has 0 unspecified atom stereocenters. The van der Waals surface area contributed by atoms with Crippen molar-refractivity contribution in [3.05, 3.63) is 58.0 Å². The molecule has 130 valence electrons. The Morgan fingerprint density at radius 1 is 1.08 bits per heavy atom. The maximum Gasteiger partial charge on any atom is 0.433 e. The smallest absolute Gasteiger partial charge is 0.360 e. The van der Waals surface area contributed by atoms with Crippen molar-refractivity contribution in [1.82, 2.24) is 15.2 Å². The first-order valence-corrected chi connectivity index (χ1v) is 8.28. The Hall–Kier alpha value is -2.22. The Labute approximate surface area is 150 Å². The number of alkyl halides is 3. The molecule has 0 amide bonds. The van der Waals surface area contributed by atoms with E-state index >= 15 is 0 Å². The molecule has 0 saturated carbocycles. The van der Waals surface area contributed by atoms with Gasteiger partial charge in [0.2, 0.25) is 0 Å². The molecule has 0 radical (unpaired) electrons. The topological polar surface area (TPSA) is 50.7 Å². The van der Waals surface area contributed by atoms with Crippen LogP contribution in [-0.2, 0) is 6.18 Å². The van der Waals surface area contributed by atoms with Gasteiger partial charge < -0.3 is 5.32 Å². The zero-order valence-corrected chi connectivity index (χ0v) is 15.0. The van der Waals surface area contributed by atoms with Gasteiger partial charge in [0.05, 0.1) is 17.4 Å². The fourth-order valence-corrected chi connectivity index (χ4v) is 2.86. The molecule has 2 aromatic heterocycles. The van der Waals surface area contributed by atoms with Gasteiger partial charge in [-0.1, -0.05) is 28.1 Å². The van der Waals surface area contributed by atoms with Gasteiger partial charge >= 0.3 is 6.18 Å². The SMILES string of the molecule is Cc1nnc(N[C@H](C)c2cccc(C(F)(F)F)n2)c2cc(Br)ccc12. The van der Waals surface area contributed by atoms with Crippen molar-refractivity contribution < 1.29 is 13.2 Å². The second-order valence-corrected chi connectivity index (χ2v) is 6.55. The van der Waals surface area contributed by atoms with Gasteiger partial charge in [-0.25, -0.2) is 4.98 Å². The predicted octanol–water partition coefficient (Wildman–Crippen LogP) is 5.29. The lowest BCUT2D eigenvalue weighted by Crippen LogP contribution is -2.14. The van der Waals surface area contributed by atoms with Crippen molar-refractivity contribution in [3.8, 4) is 0 Å². The maximum atomic E-state index is 12.8. The number of nitrogens with one attached hydrogen (secondary N) is 1. The minimum Gasteiger partial charge on any atom is -0.360 e. The van der Waals surface area contributed by atoms with Gasteiger partial charge in [-0.15, -0.1) is 5.10 Å². The largest absolute Gasteiger partial charge is 0.433 e. The van der Waals surface area contributed by atoms with Gasteiger partial charge in [0, 0.05) is 15.2 Å². The zero-order chi connectivity index (χ0) is 18.2. The number of fused-ring (bicyclic) bond motifs is 1. The second kappa shape index (κ2) is 6.59. The number of pyridine rings is 1. The molecule has 4 nitrogen and oxygen atoms in total. The Kier molecular flexibility index (Phi) is 4.64. The minimum atomic E-state index is -4.48. The van der Waals surface area contributed by atoms with Gasteiger partial charge in [-0.2, -0.15) is 18.3 Å². The molecule has 1 aromatic carbocycles. The first-order chi connectivity index (χ1) is 11.8. The number of halogens is 4. The average Bonchev–Trinajstić information content (AvgIpc) is 2.56. The standard InChI is InChI=1S/C17H14BrF3N4/c1-9-12-7-6-11(18)8-13(12)16(25-24-9)22-10(2)14-4-3-5-15(23-14)17(19,20)21/h3-8,10H,1-2H3,(H,22,25)/t10-/m1/s1. The van der Waals surface area contributed by atoms with Gasteiger partial charge in [0.15, 0.2) is 5.82 Å². The molecule has 0 aliphatic carbocycles. The Balaban J connectivity index is 1.96. The van der Waals surface area contributed by atoms with Crippen LogP contribution in [0.25, 0.3) is 10.8 Å². The van der Waals surface area contributed by atoms with Crippen LogP contribution < -0.4 is 5.32 Å². The van der Waals surface area contributed by atoms with E-state index in [0.717, 1.165) is 27.0 Å². The van der Waals surface area contributed by atoms with Crippen molar-refractivity contribution in [3.63, 3.8) is 0 Å². The Morgan fingerprint density at radius 2 is 1.84 bits per heavy atom. The Morgan fingerprint density at radius 3 is 2.56 bits per heavy atom. The summed E-state index contributed by atoms with van der Waals surface area (Å²) in [4.78, 5) is 3.71. The highest BCUT2D eigenvalue weighted by Gasteiger charge is 2.32. The molecule has 2 heterocycles. The molecule has 0 aliphatic heterocycles. The summed E-state index contributed by atoms with van der Waals surface area (Å²) in [6.07, 6.45) is -4.48. The molecule has 0 aliphatic rings. The summed E-state index contributed by atoms with van der Waals surface area (Å²) in [5, 5.41) is 13.1. The first-order valence-electron chi connectivity index (χ1n) is 7.49. The van der Waals surface area contributed by atoms with Crippen LogP contribution in [0.15, 0.2) is 40.9 Å². The number of benzene rings is 1. The highest BCUT2D eigenvalue weighted by molar-refractivity contribution is 9.10. The lowest BCUT2D eigenvalue weighted by atomic mass is 10.1. The molecule has 1 atom stereocenters. The van der Waals surface area contributed by atoms with Crippen LogP contribution in [0, 0.1) is 6.92 Å². The minimum absolute atomic E-state index is 0.278. The quantitative estimate of drug-likeness (QED) is 0.637. The molecule has 3 aromatic rings. The van der Waals surface area contributed by atoms with Crippen LogP contribution >= 0.6 is 15.9 Å². The highest BCUT2D eigenvalue weighted by Crippen LogP contribution is 2.30. The number of aryl methyl sites for hydroxylation is 1. The second-order valence-electron chi connectivity index (χ2n) is 5.64. The molecule has 0 spiro atoms.